The zero-order valence-electron chi connectivity index (χ0n) is 16.9. The molecule has 1 aromatic carbocycles. The molecule has 3 aromatic heterocycles. The van der Waals surface area contributed by atoms with E-state index in [-0.39, 0.29) is 17.0 Å². The summed E-state index contributed by atoms with van der Waals surface area (Å²) in [6.07, 6.45) is 5.67. The molecule has 1 aliphatic heterocycles. The molecule has 1 aliphatic rings. The Bertz CT molecular complexity index is 1350. The molecule has 0 bridgehead atoms. The van der Waals surface area contributed by atoms with Crippen LogP contribution in [0.25, 0.3) is 32.5 Å². The normalized spacial score (nSPS) is 15.8. The molecular weight excluding hydrogens is 398 g/mol. The fraction of sp³-hybridized carbons (Fsp3) is 0.250. The van der Waals surface area contributed by atoms with E-state index in [1.54, 1.807) is 23.9 Å². The van der Waals surface area contributed by atoms with Gasteiger partial charge in [-0.1, -0.05) is 20.8 Å². The predicted octanol–water partition coefficient (Wildman–Crippen LogP) is 5.83. The average molecular weight is 420 g/mol. The number of carboxylic acid groups (broad SMARTS) is 1. The number of carbonyl (C=O) groups is 1. The number of thiophene rings is 1. The van der Waals surface area contributed by atoms with Crippen LogP contribution in [0, 0.1) is 5.41 Å². The first-order chi connectivity index (χ1) is 14.3. The molecule has 4 aromatic rings. The zero-order chi connectivity index (χ0) is 21.2. The molecule has 30 heavy (non-hydrogen) atoms. The molecule has 0 radical (unpaired) electrons. The molecule has 0 unspecified atom stereocenters. The first kappa shape index (κ1) is 18.9. The van der Waals surface area contributed by atoms with Gasteiger partial charge in [-0.05, 0) is 46.5 Å². The van der Waals surface area contributed by atoms with Crippen molar-refractivity contribution in [3.63, 3.8) is 0 Å². The summed E-state index contributed by atoms with van der Waals surface area (Å²) in [4.78, 5) is 24.3. The SMILES string of the molecule is CC(C)(C)[C@@H]1Cc2c(cc(-c3ccoc3)c3ccsc23)-c2cc(=O)c(C(=O)O)cn21. The predicted molar refractivity (Wildman–Crippen MR) is 118 cm³/mol. The summed E-state index contributed by atoms with van der Waals surface area (Å²) in [5.41, 5.74) is 4.22. The van der Waals surface area contributed by atoms with E-state index in [2.05, 4.69) is 38.3 Å². The van der Waals surface area contributed by atoms with Crippen LogP contribution < -0.4 is 5.43 Å². The number of nitrogens with zero attached hydrogens (tertiary/aromatic N) is 1. The van der Waals surface area contributed by atoms with Crippen LogP contribution in [0.5, 0.6) is 0 Å². The third-order valence-electron chi connectivity index (χ3n) is 5.99. The second kappa shape index (κ2) is 6.44. The van der Waals surface area contributed by atoms with E-state index in [0.29, 0.717) is 0 Å². The van der Waals surface area contributed by atoms with Crippen molar-refractivity contribution in [2.75, 3.05) is 0 Å². The maximum atomic E-state index is 12.6. The van der Waals surface area contributed by atoms with E-state index in [9.17, 15) is 14.7 Å². The molecular formula is C24H21NO4S. The van der Waals surface area contributed by atoms with Crippen molar-refractivity contribution < 1.29 is 14.3 Å². The number of aromatic carboxylic acids is 1. The highest BCUT2D eigenvalue weighted by Gasteiger charge is 2.35. The van der Waals surface area contributed by atoms with E-state index in [4.69, 9.17) is 4.42 Å². The minimum absolute atomic E-state index is 0.0313. The lowest BCUT2D eigenvalue weighted by atomic mass is 9.78. The molecule has 5 nitrogen and oxygen atoms in total. The summed E-state index contributed by atoms with van der Waals surface area (Å²) < 4.78 is 8.51. The first-order valence-electron chi connectivity index (χ1n) is 9.81. The maximum absolute atomic E-state index is 12.6. The van der Waals surface area contributed by atoms with Gasteiger partial charge in [-0.2, -0.15) is 0 Å². The van der Waals surface area contributed by atoms with Crippen LogP contribution >= 0.6 is 11.3 Å². The van der Waals surface area contributed by atoms with Crippen molar-refractivity contribution in [1.82, 2.24) is 4.57 Å². The molecule has 6 heteroatoms. The Labute approximate surface area is 177 Å². The van der Waals surface area contributed by atoms with Gasteiger partial charge >= 0.3 is 5.97 Å². The molecule has 0 fully saturated rings. The fourth-order valence-electron chi connectivity index (χ4n) is 4.47. The molecule has 4 heterocycles. The lowest BCUT2D eigenvalue weighted by Crippen LogP contribution is -2.32. The summed E-state index contributed by atoms with van der Waals surface area (Å²) >= 11 is 1.70. The number of hydrogen-bond donors (Lipinski definition) is 1. The van der Waals surface area contributed by atoms with E-state index in [1.807, 2.05) is 10.6 Å². The third kappa shape index (κ3) is 2.75. The lowest BCUT2D eigenvalue weighted by molar-refractivity contribution is 0.0693. The van der Waals surface area contributed by atoms with Gasteiger partial charge in [0.1, 0.15) is 5.56 Å². The van der Waals surface area contributed by atoms with Crippen LogP contribution in [0.4, 0.5) is 0 Å². The molecule has 152 valence electrons. The highest BCUT2D eigenvalue weighted by atomic mass is 32.1. The second-order valence-corrected chi connectivity index (χ2v) is 9.78. The molecule has 1 N–H and O–H groups in total. The van der Waals surface area contributed by atoms with E-state index < -0.39 is 11.4 Å². The number of benzene rings is 1. The Balaban J connectivity index is 1.88. The summed E-state index contributed by atoms with van der Waals surface area (Å²) in [7, 11) is 0. The highest BCUT2D eigenvalue weighted by Crippen LogP contribution is 2.48. The Morgan fingerprint density at radius 3 is 2.70 bits per heavy atom. The smallest absolute Gasteiger partial charge is 0.341 e. The van der Waals surface area contributed by atoms with E-state index >= 15 is 0 Å². The van der Waals surface area contributed by atoms with Crippen LogP contribution in [0.3, 0.4) is 0 Å². The summed E-state index contributed by atoms with van der Waals surface area (Å²) in [6.45, 7) is 6.45. The monoisotopic (exact) mass is 419 g/mol. The number of hydrogen-bond acceptors (Lipinski definition) is 4. The van der Waals surface area contributed by atoms with Crippen molar-refractivity contribution >= 4 is 27.4 Å². The third-order valence-corrected chi connectivity index (χ3v) is 6.97. The first-order valence-corrected chi connectivity index (χ1v) is 10.7. The van der Waals surface area contributed by atoms with Crippen molar-refractivity contribution in [2.45, 2.75) is 33.2 Å². The number of rotatable bonds is 2. The number of fused-ring (bicyclic) bond motifs is 5. The highest BCUT2D eigenvalue weighted by molar-refractivity contribution is 7.17. The van der Waals surface area contributed by atoms with Crippen molar-refractivity contribution in [3.8, 4) is 22.4 Å². The average Bonchev–Trinajstić information content (AvgIpc) is 3.37. The number of pyridine rings is 1. The molecule has 5 rings (SSSR count). The molecule has 0 spiro atoms. The Morgan fingerprint density at radius 1 is 1.23 bits per heavy atom. The number of aromatic nitrogens is 1. The topological polar surface area (TPSA) is 72.4 Å². The van der Waals surface area contributed by atoms with Gasteiger partial charge in [0, 0.05) is 39.5 Å². The van der Waals surface area contributed by atoms with Gasteiger partial charge in [0.05, 0.1) is 18.2 Å². The van der Waals surface area contributed by atoms with Gasteiger partial charge in [-0.25, -0.2) is 4.79 Å². The van der Waals surface area contributed by atoms with Gasteiger partial charge in [-0.15, -0.1) is 11.3 Å². The number of carboxylic acids is 1. The Morgan fingerprint density at radius 2 is 2.03 bits per heavy atom. The van der Waals surface area contributed by atoms with Gasteiger partial charge in [0.2, 0.25) is 0 Å². The summed E-state index contributed by atoms with van der Waals surface area (Å²) in [6, 6.07) is 7.69. The van der Waals surface area contributed by atoms with Gasteiger partial charge < -0.3 is 14.1 Å². The molecule has 0 saturated carbocycles. The van der Waals surface area contributed by atoms with Gasteiger partial charge in [0.25, 0.3) is 0 Å². The second-order valence-electron chi connectivity index (χ2n) is 8.86. The van der Waals surface area contributed by atoms with Gasteiger partial charge in [0.15, 0.2) is 5.43 Å². The fourth-order valence-corrected chi connectivity index (χ4v) is 5.45. The molecule has 0 amide bonds. The molecule has 0 saturated heterocycles. The minimum Gasteiger partial charge on any atom is -0.477 e. The van der Waals surface area contributed by atoms with Crippen LogP contribution in [0.15, 0.2) is 57.6 Å². The van der Waals surface area contributed by atoms with Crippen molar-refractivity contribution in [1.29, 1.82) is 0 Å². The van der Waals surface area contributed by atoms with Crippen LogP contribution in [-0.4, -0.2) is 15.6 Å². The van der Waals surface area contributed by atoms with Crippen LogP contribution in [0.1, 0.15) is 42.7 Å². The van der Waals surface area contributed by atoms with Crippen LogP contribution in [0.2, 0.25) is 0 Å². The Hall–Kier alpha value is -3.12. The van der Waals surface area contributed by atoms with E-state index in [0.717, 1.165) is 28.8 Å². The molecule has 0 aliphatic carbocycles. The van der Waals surface area contributed by atoms with E-state index in [1.165, 1.54) is 27.9 Å². The largest absolute Gasteiger partial charge is 0.477 e. The maximum Gasteiger partial charge on any atom is 0.341 e. The summed E-state index contributed by atoms with van der Waals surface area (Å²) in [5, 5.41) is 12.8. The van der Waals surface area contributed by atoms with Crippen LogP contribution in [-0.2, 0) is 6.42 Å². The lowest BCUT2D eigenvalue weighted by Gasteiger charge is -2.39. The Kier molecular flexibility index (Phi) is 4.05. The van der Waals surface area contributed by atoms with Crippen molar-refractivity contribution in [2.24, 2.45) is 5.41 Å². The standard InChI is InChI=1S/C24H21NO4S/c1-24(2,3)21-9-17-16(19-10-20(26)18(23(27)28)11-25(19)21)8-15(13-4-6-29-12-13)14-5-7-30-22(14)17/h4-8,10-12,21H,9H2,1-3H3,(H,27,28)/t21-/m0/s1. The minimum atomic E-state index is -1.19. The van der Waals surface area contributed by atoms with Gasteiger partial charge in [-0.3, -0.25) is 4.79 Å². The zero-order valence-corrected chi connectivity index (χ0v) is 17.7. The summed E-state index contributed by atoms with van der Waals surface area (Å²) in [5.74, 6) is -1.19. The van der Waals surface area contributed by atoms with Crippen molar-refractivity contribution in [3.05, 3.63) is 69.7 Å². The molecule has 1 atom stereocenters. The quantitative estimate of drug-likeness (QED) is 0.444. The number of furan rings is 1.